The summed E-state index contributed by atoms with van der Waals surface area (Å²) in [7, 11) is 0. The van der Waals surface area contributed by atoms with Crippen molar-refractivity contribution in [2.75, 3.05) is 13.2 Å². The molecule has 198 valence electrons. The van der Waals surface area contributed by atoms with Gasteiger partial charge in [0.1, 0.15) is 11.5 Å². The van der Waals surface area contributed by atoms with Gasteiger partial charge in [-0.15, -0.1) is 5.10 Å². The van der Waals surface area contributed by atoms with E-state index in [0.717, 1.165) is 33.9 Å². The molecular weight excluding hydrogens is 492 g/mol. The first kappa shape index (κ1) is 25.9. The van der Waals surface area contributed by atoms with E-state index in [1.54, 1.807) is 11.6 Å². The molecule has 0 spiro atoms. The van der Waals surface area contributed by atoms with E-state index in [-0.39, 0.29) is 12.3 Å². The Balaban J connectivity index is 1.24. The summed E-state index contributed by atoms with van der Waals surface area (Å²) < 4.78 is 18.8. The quantitative estimate of drug-likeness (QED) is 0.206. The lowest BCUT2D eigenvalue weighted by atomic mass is 10.1. The van der Waals surface area contributed by atoms with Crippen molar-refractivity contribution >= 4 is 5.97 Å². The third-order valence-electron chi connectivity index (χ3n) is 6.30. The second-order valence-electron chi connectivity index (χ2n) is 9.06. The molecule has 0 aliphatic carbocycles. The molecule has 0 amide bonds. The average molecular weight is 523 g/mol. The van der Waals surface area contributed by atoms with Crippen molar-refractivity contribution in [2.24, 2.45) is 0 Å². The molecule has 8 heteroatoms. The molecular formula is C31H30N4O4. The molecule has 5 rings (SSSR count). The van der Waals surface area contributed by atoms with Crippen LogP contribution >= 0.6 is 0 Å². The van der Waals surface area contributed by atoms with E-state index in [1.165, 1.54) is 0 Å². The first-order valence-corrected chi connectivity index (χ1v) is 13.0. The summed E-state index contributed by atoms with van der Waals surface area (Å²) in [6.07, 6.45) is 1.12. The van der Waals surface area contributed by atoms with Crippen molar-refractivity contribution in [1.82, 2.24) is 20.0 Å². The zero-order chi connectivity index (χ0) is 27.0. The van der Waals surface area contributed by atoms with Crippen LogP contribution in [0.15, 0.2) is 89.3 Å². The van der Waals surface area contributed by atoms with Crippen LogP contribution in [0.1, 0.15) is 45.7 Å². The summed E-state index contributed by atoms with van der Waals surface area (Å²) in [6, 6.07) is 27.6. The lowest BCUT2D eigenvalue weighted by Gasteiger charge is -2.10. The Hall–Kier alpha value is -4.72. The second-order valence-corrected chi connectivity index (χ2v) is 9.06. The molecule has 0 atom stereocenters. The number of carbonyl (C=O) groups is 1. The number of carbonyl (C=O) groups excluding carboxylic acids is 1. The predicted molar refractivity (Wildman–Crippen MR) is 147 cm³/mol. The highest BCUT2D eigenvalue weighted by molar-refractivity contribution is 5.88. The number of benzene rings is 3. The fourth-order valence-corrected chi connectivity index (χ4v) is 4.28. The van der Waals surface area contributed by atoms with E-state index in [0.29, 0.717) is 37.6 Å². The van der Waals surface area contributed by atoms with Gasteiger partial charge in [0.15, 0.2) is 5.69 Å². The van der Waals surface area contributed by atoms with Crippen molar-refractivity contribution < 1.29 is 18.7 Å². The van der Waals surface area contributed by atoms with E-state index in [1.807, 2.05) is 91.9 Å². The van der Waals surface area contributed by atoms with Crippen LogP contribution in [0, 0.1) is 6.92 Å². The summed E-state index contributed by atoms with van der Waals surface area (Å²) in [5, 5.41) is 8.40. The van der Waals surface area contributed by atoms with Gasteiger partial charge in [-0.25, -0.2) is 14.5 Å². The summed E-state index contributed by atoms with van der Waals surface area (Å²) >= 11 is 0. The minimum atomic E-state index is -0.467. The molecule has 0 saturated heterocycles. The van der Waals surface area contributed by atoms with Gasteiger partial charge in [-0.1, -0.05) is 65.9 Å². The van der Waals surface area contributed by atoms with E-state index < -0.39 is 5.97 Å². The van der Waals surface area contributed by atoms with Crippen molar-refractivity contribution in [3.63, 3.8) is 0 Å². The molecule has 0 aliphatic rings. The molecule has 0 aliphatic heterocycles. The van der Waals surface area contributed by atoms with Crippen LogP contribution in [-0.2, 0) is 24.1 Å². The molecule has 5 aromatic rings. The highest BCUT2D eigenvalue weighted by Crippen LogP contribution is 2.22. The van der Waals surface area contributed by atoms with E-state index in [4.69, 9.17) is 13.9 Å². The lowest BCUT2D eigenvalue weighted by Crippen LogP contribution is -2.12. The Kier molecular flexibility index (Phi) is 8.12. The Morgan fingerprint density at radius 1 is 0.923 bits per heavy atom. The van der Waals surface area contributed by atoms with E-state index in [9.17, 15) is 4.79 Å². The van der Waals surface area contributed by atoms with Gasteiger partial charge in [0, 0.05) is 18.4 Å². The fourth-order valence-electron chi connectivity index (χ4n) is 4.28. The lowest BCUT2D eigenvalue weighted by molar-refractivity contribution is 0.0518. The molecule has 3 aromatic carbocycles. The Bertz CT molecular complexity index is 1510. The molecule has 0 saturated carbocycles. The van der Waals surface area contributed by atoms with Crippen LogP contribution in [-0.4, -0.2) is 39.2 Å². The second kappa shape index (κ2) is 12.2. The van der Waals surface area contributed by atoms with Crippen molar-refractivity contribution in [3.05, 3.63) is 119 Å². The average Bonchev–Trinajstić information content (AvgIpc) is 3.53. The molecule has 39 heavy (non-hydrogen) atoms. The van der Waals surface area contributed by atoms with Gasteiger partial charge in [-0.05, 0) is 49.2 Å². The SMILES string of the molecule is CCOC(=O)c1nnn(Cc2ccccc2)c1Cc1ccc(OCCc2nc(-c3ccccc3)oc2C)cc1. The van der Waals surface area contributed by atoms with Crippen molar-refractivity contribution in [2.45, 2.75) is 33.2 Å². The Labute approximate surface area is 227 Å². The van der Waals surface area contributed by atoms with Crippen LogP contribution in [0.2, 0.25) is 0 Å². The summed E-state index contributed by atoms with van der Waals surface area (Å²) in [6.45, 7) is 4.96. The topological polar surface area (TPSA) is 92.3 Å². The third-order valence-corrected chi connectivity index (χ3v) is 6.30. The van der Waals surface area contributed by atoms with Crippen molar-refractivity contribution in [3.8, 4) is 17.2 Å². The van der Waals surface area contributed by atoms with Crippen LogP contribution < -0.4 is 4.74 Å². The standard InChI is InChI=1S/C31H30N4O4/c1-3-37-31(36)29-28(35(34-33-29)21-24-10-6-4-7-11-24)20-23-14-16-26(17-15-23)38-19-18-27-22(2)39-30(32-27)25-12-8-5-9-13-25/h4-17H,3,18-21H2,1-2H3. The largest absolute Gasteiger partial charge is 0.493 e. The maximum atomic E-state index is 12.5. The van der Waals surface area contributed by atoms with Crippen molar-refractivity contribution in [1.29, 1.82) is 0 Å². The Morgan fingerprint density at radius 3 is 2.36 bits per heavy atom. The fraction of sp³-hybridized carbons (Fsp3) is 0.226. The maximum absolute atomic E-state index is 12.5. The summed E-state index contributed by atoms with van der Waals surface area (Å²) in [5.74, 6) is 1.71. The molecule has 0 unspecified atom stereocenters. The number of aromatic nitrogens is 4. The molecule has 0 N–H and O–H groups in total. The smallest absolute Gasteiger partial charge is 0.360 e. The number of ether oxygens (including phenoxy) is 2. The predicted octanol–water partition coefficient (Wildman–Crippen LogP) is 5.68. The number of nitrogens with zero attached hydrogens (tertiary/aromatic N) is 4. The minimum absolute atomic E-state index is 0.242. The molecule has 0 fully saturated rings. The highest BCUT2D eigenvalue weighted by atomic mass is 16.5. The number of rotatable bonds is 11. The monoisotopic (exact) mass is 522 g/mol. The van der Waals surface area contributed by atoms with Crippen LogP contribution in [0.4, 0.5) is 0 Å². The molecule has 2 aromatic heterocycles. The van der Waals surface area contributed by atoms with E-state index >= 15 is 0 Å². The zero-order valence-corrected chi connectivity index (χ0v) is 22.0. The van der Waals surface area contributed by atoms with Gasteiger partial charge >= 0.3 is 5.97 Å². The van der Waals surface area contributed by atoms with Gasteiger partial charge in [0.25, 0.3) is 0 Å². The van der Waals surface area contributed by atoms with Gasteiger partial charge in [0.05, 0.1) is 31.1 Å². The molecule has 8 nitrogen and oxygen atoms in total. The first-order chi connectivity index (χ1) is 19.1. The van der Waals surface area contributed by atoms with E-state index in [2.05, 4.69) is 15.3 Å². The number of oxazole rings is 1. The zero-order valence-electron chi connectivity index (χ0n) is 22.0. The normalized spacial score (nSPS) is 10.9. The summed E-state index contributed by atoms with van der Waals surface area (Å²) in [4.78, 5) is 17.2. The van der Waals surface area contributed by atoms with Crippen LogP contribution in [0.3, 0.4) is 0 Å². The molecule has 0 bridgehead atoms. The van der Waals surface area contributed by atoms with Gasteiger partial charge < -0.3 is 13.9 Å². The third kappa shape index (κ3) is 6.41. The maximum Gasteiger partial charge on any atom is 0.360 e. The minimum Gasteiger partial charge on any atom is -0.493 e. The van der Waals surface area contributed by atoms with Crippen LogP contribution in [0.5, 0.6) is 5.75 Å². The number of esters is 1. The van der Waals surface area contributed by atoms with Gasteiger partial charge in [-0.3, -0.25) is 0 Å². The Morgan fingerprint density at radius 2 is 1.64 bits per heavy atom. The number of hydrogen-bond acceptors (Lipinski definition) is 7. The van der Waals surface area contributed by atoms with Gasteiger partial charge in [0.2, 0.25) is 5.89 Å². The molecule has 0 radical (unpaired) electrons. The van der Waals surface area contributed by atoms with Crippen LogP contribution in [0.25, 0.3) is 11.5 Å². The first-order valence-electron chi connectivity index (χ1n) is 13.0. The number of hydrogen-bond donors (Lipinski definition) is 0. The summed E-state index contributed by atoms with van der Waals surface area (Å²) in [5.41, 5.74) is 4.86. The number of aryl methyl sites for hydroxylation is 1. The highest BCUT2D eigenvalue weighted by Gasteiger charge is 2.21. The molecule has 2 heterocycles. The van der Waals surface area contributed by atoms with Gasteiger partial charge in [-0.2, -0.15) is 0 Å².